The van der Waals surface area contributed by atoms with Crippen LogP contribution in [-0.4, -0.2) is 20.9 Å². The first kappa shape index (κ1) is 14.7. The first-order valence-electron chi connectivity index (χ1n) is 5.74. The lowest BCUT2D eigenvalue weighted by Crippen LogP contribution is -2.24. The van der Waals surface area contributed by atoms with E-state index in [1.54, 1.807) is 19.1 Å². The van der Waals surface area contributed by atoms with E-state index in [4.69, 9.17) is 0 Å². The highest BCUT2D eigenvalue weighted by Crippen LogP contribution is 2.19. The van der Waals surface area contributed by atoms with Crippen molar-refractivity contribution in [2.75, 3.05) is 11.9 Å². The summed E-state index contributed by atoms with van der Waals surface area (Å²) in [7, 11) is -3.45. The summed E-state index contributed by atoms with van der Waals surface area (Å²) in [6.45, 7) is 5.47. The normalized spacial score (nSPS) is 11.3. The van der Waals surface area contributed by atoms with E-state index < -0.39 is 10.0 Å². The Hall–Kier alpha value is -1.40. The van der Waals surface area contributed by atoms with Crippen molar-refractivity contribution >= 4 is 21.6 Å². The van der Waals surface area contributed by atoms with Crippen molar-refractivity contribution in [3.63, 3.8) is 0 Å². The third-order valence-electron chi connectivity index (χ3n) is 2.36. The van der Waals surface area contributed by atoms with Gasteiger partial charge in [0.25, 0.3) is 0 Å². The van der Waals surface area contributed by atoms with Crippen molar-refractivity contribution in [1.82, 2.24) is 4.72 Å². The van der Waals surface area contributed by atoms with Crippen molar-refractivity contribution < 1.29 is 13.2 Å². The predicted octanol–water partition coefficient (Wildman–Crippen LogP) is 1.64. The molecule has 0 saturated heterocycles. The number of carbonyl (C=O) groups excluding carboxylic acids is 1. The van der Waals surface area contributed by atoms with Crippen LogP contribution in [0, 0.1) is 6.92 Å². The fraction of sp³-hybridized carbons (Fsp3) is 0.417. The van der Waals surface area contributed by atoms with Gasteiger partial charge in [0.1, 0.15) is 0 Å². The van der Waals surface area contributed by atoms with Crippen molar-refractivity contribution in [3.8, 4) is 0 Å². The highest BCUT2D eigenvalue weighted by atomic mass is 32.2. The van der Waals surface area contributed by atoms with E-state index in [1.165, 1.54) is 13.0 Å². The maximum Gasteiger partial charge on any atom is 0.240 e. The summed E-state index contributed by atoms with van der Waals surface area (Å²) in [6.07, 6.45) is 0.738. The van der Waals surface area contributed by atoms with Gasteiger partial charge in [0.05, 0.1) is 4.90 Å². The average molecular weight is 270 g/mol. The lowest BCUT2D eigenvalue weighted by molar-refractivity contribution is -0.114. The summed E-state index contributed by atoms with van der Waals surface area (Å²) in [5, 5.41) is 2.64. The van der Waals surface area contributed by atoms with Crippen LogP contribution < -0.4 is 10.0 Å². The number of aryl methyl sites for hydroxylation is 1. The van der Waals surface area contributed by atoms with Gasteiger partial charge in [0.15, 0.2) is 0 Å². The van der Waals surface area contributed by atoms with Gasteiger partial charge in [-0.15, -0.1) is 0 Å². The second kappa shape index (κ2) is 5.97. The molecule has 5 nitrogen and oxygen atoms in total. The number of anilines is 1. The van der Waals surface area contributed by atoms with Gasteiger partial charge in [0, 0.05) is 19.2 Å². The first-order chi connectivity index (χ1) is 8.36. The van der Waals surface area contributed by atoms with Gasteiger partial charge < -0.3 is 5.32 Å². The fourth-order valence-electron chi connectivity index (χ4n) is 1.45. The second-order valence-corrected chi connectivity index (χ2v) is 5.82. The molecule has 0 bridgehead atoms. The topological polar surface area (TPSA) is 75.3 Å². The largest absolute Gasteiger partial charge is 0.326 e. The van der Waals surface area contributed by atoms with Crippen molar-refractivity contribution in [1.29, 1.82) is 0 Å². The highest BCUT2D eigenvalue weighted by molar-refractivity contribution is 7.89. The van der Waals surface area contributed by atoms with Crippen molar-refractivity contribution in [2.24, 2.45) is 0 Å². The summed E-state index contributed by atoms with van der Waals surface area (Å²) in [4.78, 5) is 11.2. The third-order valence-corrected chi connectivity index (χ3v) is 3.82. The van der Waals surface area contributed by atoms with Crippen LogP contribution in [0.3, 0.4) is 0 Å². The molecular weight excluding hydrogens is 252 g/mol. The van der Waals surface area contributed by atoms with Crippen molar-refractivity contribution in [2.45, 2.75) is 32.1 Å². The smallest absolute Gasteiger partial charge is 0.240 e. The molecule has 1 rings (SSSR count). The van der Waals surface area contributed by atoms with Gasteiger partial charge in [-0.1, -0.05) is 6.92 Å². The maximum absolute atomic E-state index is 11.9. The molecule has 18 heavy (non-hydrogen) atoms. The minimum absolute atomic E-state index is 0.183. The molecule has 1 amide bonds. The van der Waals surface area contributed by atoms with Crippen LogP contribution in [0.2, 0.25) is 0 Å². The zero-order valence-electron chi connectivity index (χ0n) is 10.8. The summed E-state index contributed by atoms with van der Waals surface area (Å²) in [6, 6.07) is 4.62. The number of sulfonamides is 1. The molecule has 0 aromatic heterocycles. The Kier molecular flexibility index (Phi) is 4.86. The van der Waals surface area contributed by atoms with E-state index in [0.29, 0.717) is 17.8 Å². The maximum atomic E-state index is 11.9. The lowest BCUT2D eigenvalue weighted by atomic mass is 10.2. The van der Waals surface area contributed by atoms with Crippen LogP contribution in [0.25, 0.3) is 0 Å². The molecule has 0 aliphatic rings. The number of nitrogens with one attached hydrogen (secondary N) is 2. The minimum Gasteiger partial charge on any atom is -0.326 e. The van der Waals surface area contributed by atoms with E-state index in [-0.39, 0.29) is 10.8 Å². The summed E-state index contributed by atoms with van der Waals surface area (Å²) < 4.78 is 26.3. The number of hydrogen-bond donors (Lipinski definition) is 2. The fourth-order valence-corrected chi connectivity index (χ4v) is 2.67. The quantitative estimate of drug-likeness (QED) is 0.854. The molecule has 0 heterocycles. The Morgan fingerprint density at radius 1 is 1.33 bits per heavy atom. The predicted molar refractivity (Wildman–Crippen MR) is 71.0 cm³/mol. The monoisotopic (exact) mass is 270 g/mol. The molecule has 0 saturated carbocycles. The van der Waals surface area contributed by atoms with Crippen molar-refractivity contribution in [3.05, 3.63) is 23.8 Å². The SMILES string of the molecule is CCCNS(=O)(=O)c1ccc(NC(C)=O)c(C)c1. The molecule has 0 aliphatic heterocycles. The molecule has 100 valence electrons. The Morgan fingerprint density at radius 3 is 2.50 bits per heavy atom. The molecule has 0 radical (unpaired) electrons. The van der Waals surface area contributed by atoms with Gasteiger partial charge in [-0.3, -0.25) is 4.79 Å². The summed E-state index contributed by atoms with van der Waals surface area (Å²) in [5.41, 5.74) is 1.33. The van der Waals surface area contributed by atoms with Crippen LogP contribution in [0.15, 0.2) is 23.1 Å². The molecule has 0 unspecified atom stereocenters. The van der Waals surface area contributed by atoms with Crippen LogP contribution in [-0.2, 0) is 14.8 Å². The molecule has 0 fully saturated rings. The van der Waals surface area contributed by atoms with Crippen LogP contribution in [0.5, 0.6) is 0 Å². The third kappa shape index (κ3) is 3.82. The molecule has 0 atom stereocenters. The number of hydrogen-bond acceptors (Lipinski definition) is 3. The van der Waals surface area contributed by atoms with Crippen LogP contribution in [0.1, 0.15) is 25.8 Å². The van der Waals surface area contributed by atoms with E-state index in [0.717, 1.165) is 6.42 Å². The van der Waals surface area contributed by atoms with E-state index in [1.807, 2.05) is 6.92 Å². The zero-order chi connectivity index (χ0) is 13.8. The first-order valence-corrected chi connectivity index (χ1v) is 7.23. The molecule has 1 aromatic rings. The zero-order valence-corrected chi connectivity index (χ0v) is 11.6. The lowest BCUT2D eigenvalue weighted by Gasteiger charge is -2.10. The molecule has 2 N–H and O–H groups in total. The average Bonchev–Trinajstić information content (AvgIpc) is 2.28. The van der Waals surface area contributed by atoms with Gasteiger partial charge in [-0.25, -0.2) is 13.1 Å². The van der Waals surface area contributed by atoms with Crippen LogP contribution >= 0.6 is 0 Å². The van der Waals surface area contributed by atoms with Gasteiger partial charge in [-0.2, -0.15) is 0 Å². The van der Waals surface area contributed by atoms with Gasteiger partial charge in [-0.05, 0) is 37.1 Å². The highest BCUT2D eigenvalue weighted by Gasteiger charge is 2.14. The second-order valence-electron chi connectivity index (χ2n) is 4.06. The van der Waals surface area contributed by atoms with Gasteiger partial charge >= 0.3 is 0 Å². The summed E-state index contributed by atoms with van der Waals surface area (Å²) >= 11 is 0. The molecule has 1 aromatic carbocycles. The number of rotatable bonds is 5. The number of benzene rings is 1. The summed E-state index contributed by atoms with van der Waals surface area (Å²) in [5.74, 6) is -0.183. The van der Waals surface area contributed by atoms with E-state index >= 15 is 0 Å². The van der Waals surface area contributed by atoms with E-state index in [2.05, 4.69) is 10.0 Å². The Morgan fingerprint density at radius 2 is 2.00 bits per heavy atom. The number of amides is 1. The van der Waals surface area contributed by atoms with E-state index in [9.17, 15) is 13.2 Å². The van der Waals surface area contributed by atoms with Crippen LogP contribution in [0.4, 0.5) is 5.69 Å². The standard InChI is InChI=1S/C12H18N2O3S/c1-4-7-13-18(16,17)11-5-6-12(9(2)8-11)14-10(3)15/h5-6,8,13H,4,7H2,1-3H3,(H,14,15). The Bertz CT molecular complexity index is 538. The Labute approximate surface area is 108 Å². The minimum atomic E-state index is -3.45. The Balaban J connectivity index is 3.00. The molecule has 0 aliphatic carbocycles. The molecule has 6 heteroatoms. The molecular formula is C12H18N2O3S. The van der Waals surface area contributed by atoms with Gasteiger partial charge in [0.2, 0.25) is 15.9 Å². The number of carbonyl (C=O) groups is 1. The molecule has 0 spiro atoms.